The summed E-state index contributed by atoms with van der Waals surface area (Å²) in [6, 6.07) is 0. The maximum Gasteiger partial charge on any atom is 0.370 e. The van der Waals surface area contributed by atoms with Crippen LogP contribution >= 0.6 is 47.1 Å². The van der Waals surface area contributed by atoms with Gasteiger partial charge >= 0.3 is 15.2 Å². The number of alkyl halides is 2. The van der Waals surface area contributed by atoms with Gasteiger partial charge in [-0.15, -0.1) is 0 Å². The highest BCUT2D eigenvalue weighted by Gasteiger charge is 2.63. The van der Waals surface area contributed by atoms with Crippen molar-refractivity contribution in [3.63, 3.8) is 0 Å². The van der Waals surface area contributed by atoms with Gasteiger partial charge in [0.1, 0.15) is 0 Å². The van der Waals surface area contributed by atoms with E-state index in [9.17, 15) is 9.13 Å². The molecule has 0 aromatic carbocycles. The van der Waals surface area contributed by atoms with Crippen LogP contribution in [0, 0.1) is 0 Å². The normalized spacial score (nSPS) is 13.1. The maximum absolute atomic E-state index is 13.9. The standard InChI is InChI=1S/C21H44Br2O6P2/c1-5-9-13-17-26-30(24,27-18-14-10-6-2)21(22,23)31(25,28-19-15-11-7-3)29-20-16-12-8-4/h5-20H2,1-4H3. The van der Waals surface area contributed by atoms with Gasteiger partial charge in [-0.2, -0.15) is 0 Å². The molecule has 0 fully saturated rings. The van der Waals surface area contributed by atoms with E-state index in [-0.39, 0.29) is 26.4 Å². The van der Waals surface area contributed by atoms with E-state index in [4.69, 9.17) is 18.1 Å². The zero-order valence-corrected chi connectivity index (χ0v) is 24.9. The zero-order valence-electron chi connectivity index (χ0n) is 19.9. The molecule has 10 heteroatoms. The number of unbranched alkanes of at least 4 members (excludes halogenated alkanes) is 8. The van der Waals surface area contributed by atoms with Crippen LogP contribution in [-0.2, 0) is 27.2 Å². The predicted molar refractivity (Wildman–Crippen MR) is 138 cm³/mol. The van der Waals surface area contributed by atoms with Gasteiger partial charge in [0, 0.05) is 0 Å². The van der Waals surface area contributed by atoms with Gasteiger partial charge in [0.2, 0.25) is 0 Å². The maximum atomic E-state index is 13.9. The van der Waals surface area contributed by atoms with Crippen molar-refractivity contribution in [3.05, 3.63) is 0 Å². The van der Waals surface area contributed by atoms with Crippen molar-refractivity contribution in [1.29, 1.82) is 0 Å². The molecule has 0 aliphatic heterocycles. The molecule has 0 heterocycles. The molecule has 188 valence electrons. The largest absolute Gasteiger partial charge is 0.370 e. The highest BCUT2D eigenvalue weighted by molar-refractivity contribution is 9.29. The van der Waals surface area contributed by atoms with E-state index in [1.165, 1.54) is 0 Å². The molecule has 31 heavy (non-hydrogen) atoms. The van der Waals surface area contributed by atoms with Gasteiger partial charge in [-0.25, -0.2) is 0 Å². The highest BCUT2D eigenvalue weighted by atomic mass is 79.9. The summed E-state index contributed by atoms with van der Waals surface area (Å²) in [4.78, 5) is 0. The van der Waals surface area contributed by atoms with Gasteiger partial charge in [-0.3, -0.25) is 9.13 Å². The van der Waals surface area contributed by atoms with Crippen LogP contribution in [-0.4, -0.2) is 29.1 Å². The summed E-state index contributed by atoms with van der Waals surface area (Å²) >= 11 is 6.79. The molecule has 0 spiro atoms. The molecule has 0 aromatic rings. The lowest BCUT2D eigenvalue weighted by molar-refractivity contribution is 0.181. The van der Waals surface area contributed by atoms with Crippen molar-refractivity contribution in [2.45, 2.75) is 107 Å². The number of hydrogen-bond acceptors (Lipinski definition) is 6. The van der Waals surface area contributed by atoms with Crippen LogP contribution in [0.25, 0.3) is 0 Å². The Labute approximate surface area is 207 Å². The minimum atomic E-state index is -3.92. The van der Waals surface area contributed by atoms with Crippen molar-refractivity contribution in [2.24, 2.45) is 0 Å². The SMILES string of the molecule is CCCCCOP(=O)(OCCCCC)C(Br)(Br)P(=O)(OCCCCC)OCCCCC. The molecule has 0 aliphatic carbocycles. The molecule has 0 N–H and O–H groups in total. The van der Waals surface area contributed by atoms with Crippen molar-refractivity contribution < 1.29 is 27.2 Å². The molecular weight excluding hydrogens is 570 g/mol. The first-order chi connectivity index (χ1) is 14.7. The van der Waals surface area contributed by atoms with Crippen LogP contribution in [0.15, 0.2) is 0 Å². The average molecular weight is 614 g/mol. The number of rotatable bonds is 22. The predicted octanol–water partition coefficient (Wildman–Crippen LogP) is 9.60. The third kappa shape index (κ3) is 12.0. The summed E-state index contributed by atoms with van der Waals surface area (Å²) in [6.45, 7) is 9.36. The van der Waals surface area contributed by atoms with Crippen LogP contribution < -0.4 is 0 Å². The first-order valence-corrected chi connectivity index (χ1v) is 16.6. The number of halogens is 2. The van der Waals surface area contributed by atoms with Crippen LogP contribution in [0.5, 0.6) is 0 Å². The van der Waals surface area contributed by atoms with Gasteiger partial charge in [-0.05, 0) is 57.5 Å². The molecule has 0 unspecified atom stereocenters. The van der Waals surface area contributed by atoms with E-state index in [0.717, 1.165) is 77.0 Å². The fourth-order valence-electron chi connectivity index (χ4n) is 2.68. The van der Waals surface area contributed by atoms with Gasteiger partial charge in [-0.1, -0.05) is 79.1 Å². The van der Waals surface area contributed by atoms with Gasteiger partial charge in [0.15, 0.2) is 0 Å². The fraction of sp³-hybridized carbons (Fsp3) is 1.00. The minimum absolute atomic E-state index is 0.253. The van der Waals surface area contributed by atoms with E-state index < -0.39 is 17.9 Å². The lowest BCUT2D eigenvalue weighted by atomic mass is 10.3. The summed E-state index contributed by atoms with van der Waals surface area (Å²) in [5.41, 5.74) is 0. The third-order valence-electron chi connectivity index (χ3n) is 4.70. The van der Waals surface area contributed by atoms with Crippen molar-refractivity contribution in [2.75, 3.05) is 26.4 Å². The second-order valence-corrected chi connectivity index (χ2v) is 18.3. The Hall–Kier alpha value is 1.26. The molecular formula is C21H44Br2O6P2. The summed E-state index contributed by atoms with van der Waals surface area (Å²) in [5.74, 6) is 0. The average Bonchev–Trinajstić information content (AvgIpc) is 2.75. The quantitative estimate of drug-likeness (QED) is 0.0687. The van der Waals surface area contributed by atoms with Crippen molar-refractivity contribution in [3.8, 4) is 0 Å². The summed E-state index contributed by atoms with van der Waals surface area (Å²) in [5, 5.41) is 0. The first kappa shape index (κ1) is 32.3. The van der Waals surface area contributed by atoms with Crippen LogP contribution in [0.3, 0.4) is 0 Å². The van der Waals surface area contributed by atoms with E-state index in [2.05, 4.69) is 59.6 Å². The molecule has 0 radical (unpaired) electrons. The second-order valence-electron chi connectivity index (χ2n) is 7.67. The third-order valence-corrected chi connectivity index (χ3v) is 14.8. The van der Waals surface area contributed by atoms with E-state index >= 15 is 0 Å². The van der Waals surface area contributed by atoms with Crippen LogP contribution in [0.2, 0.25) is 0 Å². The van der Waals surface area contributed by atoms with Gasteiger partial charge < -0.3 is 18.1 Å². The minimum Gasteiger partial charge on any atom is -0.307 e. The molecule has 0 atom stereocenters. The smallest absolute Gasteiger partial charge is 0.307 e. The Morgan fingerprint density at radius 1 is 0.516 bits per heavy atom. The molecule has 0 amide bonds. The van der Waals surface area contributed by atoms with Crippen molar-refractivity contribution in [1.82, 2.24) is 0 Å². The first-order valence-electron chi connectivity index (χ1n) is 11.9. The molecule has 0 saturated carbocycles. The summed E-state index contributed by atoms with van der Waals surface area (Å²) in [6.07, 6.45) is 10.8. The van der Waals surface area contributed by atoms with Gasteiger partial charge in [0.05, 0.1) is 26.4 Å². The topological polar surface area (TPSA) is 71.1 Å². The van der Waals surface area contributed by atoms with Crippen molar-refractivity contribution >= 4 is 47.1 Å². The Kier molecular flexibility index (Phi) is 19.3. The molecule has 0 rings (SSSR count). The molecule has 6 nitrogen and oxygen atoms in total. The van der Waals surface area contributed by atoms with Crippen LogP contribution in [0.4, 0.5) is 0 Å². The zero-order chi connectivity index (χ0) is 23.6. The van der Waals surface area contributed by atoms with E-state index in [1.807, 2.05) is 0 Å². The van der Waals surface area contributed by atoms with Crippen LogP contribution in [0.1, 0.15) is 105 Å². The monoisotopic (exact) mass is 612 g/mol. The van der Waals surface area contributed by atoms with Gasteiger partial charge in [0.25, 0.3) is 2.72 Å². The highest BCUT2D eigenvalue weighted by Crippen LogP contribution is 2.83. The Bertz CT molecular complexity index is 458. The van der Waals surface area contributed by atoms with E-state index in [1.54, 1.807) is 0 Å². The Balaban J connectivity index is 5.59. The second kappa shape index (κ2) is 18.6. The molecule has 0 aliphatic rings. The summed E-state index contributed by atoms with van der Waals surface area (Å²) in [7, 11) is -7.83. The Morgan fingerprint density at radius 3 is 0.935 bits per heavy atom. The molecule has 0 bridgehead atoms. The van der Waals surface area contributed by atoms with E-state index in [0.29, 0.717) is 0 Å². The summed E-state index contributed by atoms with van der Waals surface area (Å²) < 4.78 is 49.2. The lowest BCUT2D eigenvalue weighted by Gasteiger charge is -2.34. The Morgan fingerprint density at radius 2 is 0.742 bits per heavy atom. The fourth-order valence-corrected chi connectivity index (χ4v) is 9.28. The number of hydrogen-bond donors (Lipinski definition) is 0. The lowest BCUT2D eigenvalue weighted by Crippen LogP contribution is -2.21. The molecule has 0 aromatic heterocycles. The molecule has 0 saturated heterocycles.